The molecule has 5 nitrogen and oxygen atoms in total. The third-order valence-electron chi connectivity index (χ3n) is 4.90. The van der Waals surface area contributed by atoms with E-state index in [1.165, 1.54) is 32.4 Å². The zero-order valence-electron chi connectivity index (χ0n) is 17.3. The fourth-order valence-electron chi connectivity index (χ4n) is 2.58. The number of methoxy groups -OCH3 is 2. The van der Waals surface area contributed by atoms with Crippen LogP contribution >= 0.6 is 0 Å². The average Bonchev–Trinajstić information content (AvgIpc) is 2.82. The van der Waals surface area contributed by atoms with Crippen LogP contribution in [-0.2, 0) is 9.31 Å². The second kappa shape index (κ2) is 8.43. The molecule has 0 atom stereocenters. The lowest BCUT2D eigenvalue weighted by molar-refractivity contribution is -0.139. The Hall–Kier alpha value is -1.94. The lowest BCUT2D eigenvalue weighted by atomic mass is 9.87. The van der Waals surface area contributed by atoms with E-state index in [9.17, 15) is 17.6 Å². The highest BCUT2D eigenvalue weighted by Crippen LogP contribution is 2.41. The summed E-state index contributed by atoms with van der Waals surface area (Å²) in [5, 5.41) is 0. The van der Waals surface area contributed by atoms with Crippen molar-refractivity contribution >= 4 is 13.2 Å². The van der Waals surface area contributed by atoms with E-state index in [0.717, 1.165) is 0 Å². The summed E-state index contributed by atoms with van der Waals surface area (Å²) in [6.07, 6.45) is -4.29. The molecule has 0 amide bonds. The number of hydrogen-bond donors (Lipinski definition) is 0. The molecule has 0 spiro atoms. The third kappa shape index (κ3) is 5.57. The van der Waals surface area contributed by atoms with Gasteiger partial charge < -0.3 is 23.5 Å². The van der Waals surface area contributed by atoms with Gasteiger partial charge in [0.1, 0.15) is 5.73 Å². The summed E-state index contributed by atoms with van der Waals surface area (Å²) in [5.74, 6) is 0.228. The van der Waals surface area contributed by atoms with E-state index in [-0.39, 0.29) is 17.2 Å². The van der Waals surface area contributed by atoms with Gasteiger partial charge in [-0.2, -0.15) is 13.2 Å². The molecule has 2 rings (SSSR count). The minimum atomic E-state index is -4.35. The molecule has 1 saturated heterocycles. The number of halogens is 4. The summed E-state index contributed by atoms with van der Waals surface area (Å²) in [4.78, 5) is 0. The summed E-state index contributed by atoms with van der Waals surface area (Å²) in [5.41, 5.74) is -1.73. The lowest BCUT2D eigenvalue weighted by Crippen LogP contribution is -2.41. The predicted molar refractivity (Wildman–Crippen MR) is 101 cm³/mol. The van der Waals surface area contributed by atoms with Crippen LogP contribution < -0.4 is 14.2 Å². The van der Waals surface area contributed by atoms with Crippen LogP contribution in [0.15, 0.2) is 17.9 Å². The molecule has 1 fully saturated rings. The van der Waals surface area contributed by atoms with E-state index in [4.69, 9.17) is 23.5 Å². The fourth-order valence-corrected chi connectivity index (χ4v) is 2.58. The Morgan fingerprint density at radius 3 is 1.93 bits per heavy atom. The van der Waals surface area contributed by atoms with Crippen molar-refractivity contribution in [2.24, 2.45) is 0 Å². The second-order valence-corrected chi connectivity index (χ2v) is 7.59. The minimum absolute atomic E-state index is 0.00689. The molecule has 162 valence electrons. The Kier molecular flexibility index (Phi) is 6.79. The molecule has 1 aromatic rings. The van der Waals surface area contributed by atoms with Gasteiger partial charge in [0.05, 0.1) is 38.4 Å². The van der Waals surface area contributed by atoms with E-state index in [1.807, 2.05) is 0 Å². The molecule has 1 aliphatic rings. The van der Waals surface area contributed by atoms with Gasteiger partial charge in [-0.15, -0.1) is 0 Å². The molecule has 0 unspecified atom stereocenters. The van der Waals surface area contributed by atoms with Crippen molar-refractivity contribution < 1.29 is 41.1 Å². The van der Waals surface area contributed by atoms with Crippen LogP contribution in [0, 0.1) is 0 Å². The van der Waals surface area contributed by atoms with Crippen molar-refractivity contribution in [3.8, 4) is 17.2 Å². The van der Waals surface area contributed by atoms with Gasteiger partial charge in [-0.25, -0.2) is 4.39 Å². The molecule has 0 N–H and O–H groups in total. The van der Waals surface area contributed by atoms with E-state index in [0.29, 0.717) is 5.56 Å². The maximum Gasteiger partial charge on any atom is 0.525 e. The molecule has 10 heteroatoms. The zero-order chi connectivity index (χ0) is 22.0. The molecule has 0 radical (unpaired) electrons. The SMILES string of the molecule is COc1cc(C=C(F)B2OC(C)(C)C(C)(C)O2)cc(OC)c1OCCC(F)(F)F. The van der Waals surface area contributed by atoms with Crippen LogP contribution in [0.3, 0.4) is 0 Å². The zero-order valence-corrected chi connectivity index (χ0v) is 17.3. The quantitative estimate of drug-likeness (QED) is 0.460. The Labute approximate surface area is 168 Å². The van der Waals surface area contributed by atoms with Gasteiger partial charge in [0.15, 0.2) is 11.5 Å². The van der Waals surface area contributed by atoms with E-state index in [2.05, 4.69) is 0 Å². The third-order valence-corrected chi connectivity index (χ3v) is 4.90. The second-order valence-electron chi connectivity index (χ2n) is 7.59. The highest BCUT2D eigenvalue weighted by atomic mass is 19.4. The Morgan fingerprint density at radius 2 is 1.52 bits per heavy atom. The number of ether oxygens (including phenoxy) is 3. The van der Waals surface area contributed by atoms with Crippen molar-refractivity contribution in [1.29, 1.82) is 0 Å². The summed E-state index contributed by atoms with van der Waals surface area (Å²) in [6.45, 7) is 6.62. The molecular weight excluding hydrogens is 395 g/mol. The number of alkyl halides is 3. The van der Waals surface area contributed by atoms with Crippen molar-refractivity contribution in [3.05, 3.63) is 23.4 Å². The predicted octanol–water partition coefficient (Wildman–Crippen LogP) is 4.98. The van der Waals surface area contributed by atoms with Crippen LogP contribution in [0.1, 0.15) is 39.7 Å². The van der Waals surface area contributed by atoms with Gasteiger partial charge in [-0.05, 0) is 51.5 Å². The smallest absolute Gasteiger partial charge is 0.493 e. The first-order valence-electron chi connectivity index (χ1n) is 8.98. The van der Waals surface area contributed by atoms with E-state index < -0.39 is 43.3 Å². The van der Waals surface area contributed by atoms with Gasteiger partial charge in [0.25, 0.3) is 0 Å². The van der Waals surface area contributed by atoms with Gasteiger partial charge >= 0.3 is 13.3 Å². The Morgan fingerprint density at radius 1 is 1.03 bits per heavy atom. The first-order valence-corrected chi connectivity index (χ1v) is 8.98. The molecular formula is C19H25BF4O5. The Balaban J connectivity index is 2.27. The van der Waals surface area contributed by atoms with Crippen LogP contribution in [0.5, 0.6) is 17.2 Å². The lowest BCUT2D eigenvalue weighted by Gasteiger charge is -2.32. The minimum Gasteiger partial charge on any atom is -0.493 e. The van der Waals surface area contributed by atoms with Gasteiger partial charge in [-0.3, -0.25) is 0 Å². The standard InChI is InChI=1S/C19H25BF4O5/c1-17(2)18(3,4)29-20(28-17)15(21)11-12-9-13(25-5)16(14(10-12)26-6)27-8-7-19(22,23)24/h9-11H,7-8H2,1-6H3. The first-order chi connectivity index (χ1) is 13.3. The van der Waals surface area contributed by atoms with Gasteiger partial charge in [-0.1, -0.05) is 0 Å². The Bertz CT molecular complexity index is 720. The summed E-state index contributed by atoms with van der Waals surface area (Å²) < 4.78 is 78.8. The highest BCUT2D eigenvalue weighted by Gasteiger charge is 2.53. The van der Waals surface area contributed by atoms with Crippen LogP contribution in [0.2, 0.25) is 0 Å². The van der Waals surface area contributed by atoms with Crippen molar-refractivity contribution in [2.45, 2.75) is 51.5 Å². The van der Waals surface area contributed by atoms with Crippen LogP contribution in [0.4, 0.5) is 17.6 Å². The molecule has 0 bridgehead atoms. The van der Waals surface area contributed by atoms with Crippen LogP contribution in [-0.4, -0.2) is 45.3 Å². The van der Waals surface area contributed by atoms with Gasteiger partial charge in [0, 0.05) is 0 Å². The maximum atomic E-state index is 14.8. The monoisotopic (exact) mass is 420 g/mol. The molecule has 0 aromatic heterocycles. The number of rotatable bonds is 7. The maximum absolute atomic E-state index is 14.8. The highest BCUT2D eigenvalue weighted by molar-refractivity contribution is 6.54. The molecule has 0 aliphatic carbocycles. The van der Waals surface area contributed by atoms with Crippen LogP contribution in [0.25, 0.3) is 6.08 Å². The molecule has 29 heavy (non-hydrogen) atoms. The number of benzene rings is 1. The normalized spacial score (nSPS) is 18.7. The summed E-state index contributed by atoms with van der Waals surface area (Å²) in [7, 11) is 1.46. The van der Waals surface area contributed by atoms with Crippen molar-refractivity contribution in [2.75, 3.05) is 20.8 Å². The van der Waals surface area contributed by atoms with Crippen molar-refractivity contribution in [3.63, 3.8) is 0 Å². The van der Waals surface area contributed by atoms with E-state index in [1.54, 1.807) is 27.7 Å². The van der Waals surface area contributed by atoms with E-state index >= 15 is 0 Å². The van der Waals surface area contributed by atoms with Crippen molar-refractivity contribution in [1.82, 2.24) is 0 Å². The molecule has 0 saturated carbocycles. The largest absolute Gasteiger partial charge is 0.525 e. The average molecular weight is 420 g/mol. The summed E-state index contributed by atoms with van der Waals surface area (Å²) >= 11 is 0. The summed E-state index contributed by atoms with van der Waals surface area (Å²) in [6, 6.07) is 2.85. The van der Waals surface area contributed by atoms with Gasteiger partial charge in [0.2, 0.25) is 5.75 Å². The fraction of sp³-hybridized carbons (Fsp3) is 0.579. The molecule has 1 heterocycles. The molecule has 1 aliphatic heterocycles. The number of hydrogen-bond acceptors (Lipinski definition) is 5. The topological polar surface area (TPSA) is 46.2 Å². The first kappa shape index (κ1) is 23.3. The molecule has 1 aromatic carbocycles.